The van der Waals surface area contributed by atoms with Gasteiger partial charge in [0.05, 0.1) is 48.7 Å². The van der Waals surface area contributed by atoms with Gasteiger partial charge >= 0.3 is 5.97 Å². The van der Waals surface area contributed by atoms with Crippen molar-refractivity contribution >= 4 is 35.5 Å². The second kappa shape index (κ2) is 35.6. The number of hydrazine groups is 2. The lowest BCUT2D eigenvalue weighted by Crippen LogP contribution is -2.74. The molecule has 522 valence electrons. The number of hydrogen-bond acceptors (Lipinski definition) is 23. The zero-order valence-electron chi connectivity index (χ0n) is 54.8. The van der Waals surface area contributed by atoms with Crippen molar-refractivity contribution in [2.45, 2.75) is 326 Å². The van der Waals surface area contributed by atoms with Crippen LogP contribution in [0.25, 0.3) is 0 Å². The number of ether oxygens (including phenoxy) is 8. The number of carboxylic acids is 1. The van der Waals surface area contributed by atoms with E-state index in [1.165, 1.54) is 13.8 Å². The molecule has 22 unspecified atom stereocenters. The van der Waals surface area contributed by atoms with Crippen LogP contribution in [-0.4, -0.2) is 228 Å². The van der Waals surface area contributed by atoms with Gasteiger partial charge in [-0.15, -0.1) is 0 Å². The van der Waals surface area contributed by atoms with E-state index in [0.717, 1.165) is 6.42 Å². The van der Waals surface area contributed by atoms with Crippen LogP contribution in [0.2, 0.25) is 0 Å². The molecule has 4 aliphatic heterocycles. The molecule has 29 heteroatoms. The highest BCUT2D eigenvalue weighted by molar-refractivity contribution is 5.85. The Morgan fingerprint density at radius 1 is 0.511 bits per heavy atom. The van der Waals surface area contributed by atoms with Crippen LogP contribution in [0.3, 0.4) is 0 Å². The zero-order chi connectivity index (χ0) is 67.6. The summed E-state index contributed by atoms with van der Waals surface area (Å²) in [6, 6.07) is -2.69. The van der Waals surface area contributed by atoms with Crippen LogP contribution >= 0.6 is 0 Å². The van der Waals surface area contributed by atoms with Crippen LogP contribution < -0.4 is 32.8 Å². The number of aliphatic hydroxyl groups is 8. The van der Waals surface area contributed by atoms with E-state index in [1.54, 1.807) is 13.8 Å². The Morgan fingerprint density at radius 3 is 1.41 bits per heavy atom. The van der Waals surface area contributed by atoms with Gasteiger partial charge in [0.1, 0.15) is 73.2 Å². The number of aliphatic carboxylic acids is 1. The Morgan fingerprint density at radius 2 is 0.978 bits per heavy atom. The quantitative estimate of drug-likeness (QED) is 0.0174. The van der Waals surface area contributed by atoms with E-state index in [2.05, 4.69) is 21.5 Å². The minimum Gasteiger partial charge on any atom is -0.479 e. The van der Waals surface area contributed by atoms with Gasteiger partial charge in [0.25, 0.3) is 5.91 Å². The predicted molar refractivity (Wildman–Crippen MR) is 321 cm³/mol. The van der Waals surface area contributed by atoms with Gasteiger partial charge in [-0.25, -0.2) is 10.6 Å². The summed E-state index contributed by atoms with van der Waals surface area (Å²) in [5, 5.41) is 111. The van der Waals surface area contributed by atoms with E-state index < -0.39 is 193 Å². The van der Waals surface area contributed by atoms with Gasteiger partial charge in [0.2, 0.25) is 23.6 Å². The largest absolute Gasteiger partial charge is 0.479 e. The van der Waals surface area contributed by atoms with Crippen molar-refractivity contribution in [3.8, 4) is 0 Å². The van der Waals surface area contributed by atoms with Gasteiger partial charge in [-0.1, -0.05) is 101 Å². The highest BCUT2D eigenvalue weighted by atomic mass is 16.7. The Labute approximate surface area is 529 Å². The molecule has 0 radical (unpaired) electrons. The van der Waals surface area contributed by atoms with E-state index in [0.29, 0.717) is 51.4 Å². The van der Waals surface area contributed by atoms with Gasteiger partial charge in [0, 0.05) is 32.1 Å². The fourth-order valence-electron chi connectivity index (χ4n) is 13.9. The van der Waals surface area contributed by atoms with Gasteiger partial charge in [-0.05, 0) is 70.1 Å². The number of unbranched alkanes of at least 4 members (excludes halogenated alkanes) is 2. The first kappa shape index (κ1) is 78.6. The van der Waals surface area contributed by atoms with Crippen molar-refractivity contribution in [2.24, 2.45) is 16.7 Å². The van der Waals surface area contributed by atoms with E-state index >= 15 is 0 Å². The van der Waals surface area contributed by atoms with Crippen molar-refractivity contribution in [3.63, 3.8) is 0 Å². The van der Waals surface area contributed by atoms with E-state index in [4.69, 9.17) is 43.7 Å². The monoisotopic (exact) mass is 1290 g/mol. The number of carboxylic acid groups (broad SMARTS) is 1. The number of nitrogens with one attached hydrogen (secondary N) is 5. The highest BCUT2D eigenvalue weighted by Crippen LogP contribution is 2.55. The van der Waals surface area contributed by atoms with Crippen molar-refractivity contribution in [1.29, 1.82) is 0 Å². The Kier molecular flexibility index (Phi) is 31.1. The molecule has 5 amide bonds. The Balaban J connectivity index is 1.94. The number of hydrogen-bond donors (Lipinski definition) is 15. The topological polar surface area (TPSA) is 445 Å². The van der Waals surface area contributed by atoms with Crippen molar-refractivity contribution in [2.75, 3.05) is 13.2 Å². The molecule has 0 saturated carbocycles. The van der Waals surface area contributed by atoms with Gasteiger partial charge in [-0.2, -0.15) is 0 Å². The smallest absolute Gasteiger partial charge is 0.335 e. The zero-order valence-corrected chi connectivity index (χ0v) is 54.8. The lowest BCUT2D eigenvalue weighted by molar-refractivity contribution is -0.357. The maximum Gasteiger partial charge on any atom is 0.335 e. The van der Waals surface area contributed by atoms with Crippen molar-refractivity contribution < 1.29 is 113 Å². The molecule has 4 saturated heterocycles. The van der Waals surface area contributed by atoms with Gasteiger partial charge < -0.3 is 94.5 Å². The Bertz CT molecular complexity index is 2270. The van der Waals surface area contributed by atoms with Crippen LogP contribution in [-0.2, 0) is 66.7 Å². The van der Waals surface area contributed by atoms with E-state index in [9.17, 15) is 74.7 Å². The summed E-state index contributed by atoms with van der Waals surface area (Å²) < 4.78 is 52.1. The molecular weight excluding hydrogens is 1180 g/mol. The van der Waals surface area contributed by atoms with E-state index in [1.807, 2.05) is 60.8 Å². The molecule has 0 aromatic carbocycles. The summed E-state index contributed by atoms with van der Waals surface area (Å²) >= 11 is 0. The fourth-order valence-corrected chi connectivity index (χ4v) is 13.9. The number of carbonyl (C=O) groups excluding carboxylic acids is 5. The molecule has 0 spiro atoms. The van der Waals surface area contributed by atoms with Gasteiger partial charge in [-0.3, -0.25) is 40.3 Å². The number of aliphatic hydroxyl groups excluding tert-OH is 8. The molecule has 16 N–H and O–H groups in total. The summed E-state index contributed by atoms with van der Waals surface area (Å²) in [5.41, 5.74) is 1.84. The average molecular weight is 1300 g/mol. The summed E-state index contributed by atoms with van der Waals surface area (Å²) in [5.74, 6) is 0.0839. The van der Waals surface area contributed by atoms with Crippen molar-refractivity contribution in [1.82, 2.24) is 26.9 Å². The van der Waals surface area contributed by atoms with Crippen LogP contribution in [0.15, 0.2) is 0 Å². The maximum atomic E-state index is 15.0. The molecule has 22 atom stereocenters. The molecule has 29 nitrogen and oxygen atoms in total. The molecule has 4 rings (SSSR count). The summed E-state index contributed by atoms with van der Waals surface area (Å²) in [4.78, 5) is 79.7. The first-order valence-electron chi connectivity index (χ1n) is 32.4. The highest BCUT2D eigenvalue weighted by Gasteiger charge is 2.65. The molecule has 90 heavy (non-hydrogen) atoms. The number of rotatable bonds is 35. The third-order valence-electron chi connectivity index (χ3n) is 18.6. The lowest BCUT2D eigenvalue weighted by atomic mass is 9.57. The summed E-state index contributed by atoms with van der Waals surface area (Å²) in [6.07, 6.45) is -26.6. The first-order chi connectivity index (χ1) is 42.4. The standard InChI is InChI=1S/C61H110N6O23/c1-13-20-29-59(12,18-6)89-49-43(77)45(79)57(88-51(49)55(81)82)86-47-39(64-33(9)71)53(84-35(31-69)41(47)75)60(19-7,26-15-3)61(27-16-4,28-17-5)90-48-42(76)44(78)56(87-50(48)54(80)67-66-37(73)24-22-21-23-36(72)65-62)85-46-38(63-32(8)70)52(58(10,11)25-14-2)83-34(30-68)40(46)74/h34-35,38-53,56-57,68-69,74-79H,13-31,62H2,1-12H3,(H,63,70)(H,64,71)(H,65,72)(H,66,73)(H,67,80)(H,81,82). The first-order valence-corrected chi connectivity index (χ1v) is 32.4. The third-order valence-corrected chi connectivity index (χ3v) is 18.6. The maximum absolute atomic E-state index is 15.0. The van der Waals surface area contributed by atoms with Crippen LogP contribution in [0.5, 0.6) is 0 Å². The number of amides is 5. The molecule has 0 aliphatic carbocycles. The lowest BCUT2D eigenvalue weighted by Gasteiger charge is -2.61. The molecule has 0 aromatic rings. The molecule has 0 aromatic heterocycles. The van der Waals surface area contributed by atoms with Crippen LogP contribution in [0.4, 0.5) is 0 Å². The summed E-state index contributed by atoms with van der Waals surface area (Å²) in [6.45, 7) is 19.4. The molecule has 0 bridgehead atoms. The second-order valence-corrected chi connectivity index (χ2v) is 25.7. The molecular formula is C61H110N6O23. The van der Waals surface area contributed by atoms with E-state index in [-0.39, 0.29) is 51.4 Å². The minimum atomic E-state index is -2.15. The van der Waals surface area contributed by atoms with Crippen LogP contribution in [0, 0.1) is 10.8 Å². The SMILES string of the molecule is CCCCC(C)(CC)OC1C(C(=O)O)OC(OC2C(O)C(CO)OC(C(CC)(CCC)C(CCC)(CCC)OC3C(C(=O)NNC(=O)CCCCC(=O)NN)OC(OC4C(O)C(CO)OC(C(C)(C)CCC)C4NC(C)=O)C(O)C3O)C2NC(C)=O)C(O)C1O. The van der Waals surface area contributed by atoms with Crippen molar-refractivity contribution in [3.05, 3.63) is 0 Å². The average Bonchev–Trinajstić information content (AvgIpc) is 0.738. The normalized spacial score (nSPS) is 33.8. The molecule has 4 heterocycles. The second-order valence-electron chi connectivity index (χ2n) is 25.7. The third kappa shape index (κ3) is 18.7. The minimum absolute atomic E-state index is 0.0117. The number of carbonyl (C=O) groups is 6. The van der Waals surface area contributed by atoms with Crippen LogP contribution in [0.1, 0.15) is 192 Å². The number of nitrogens with two attached hydrogens (primary N) is 1. The Hall–Kier alpha value is -3.86. The molecule has 4 aliphatic rings. The molecule has 4 fully saturated rings. The fraction of sp³-hybridized carbons (Fsp3) is 0.902. The van der Waals surface area contributed by atoms with Gasteiger partial charge in [0.15, 0.2) is 24.8 Å². The summed E-state index contributed by atoms with van der Waals surface area (Å²) in [7, 11) is 0. The predicted octanol–water partition coefficient (Wildman–Crippen LogP) is 0.174.